The van der Waals surface area contributed by atoms with Gasteiger partial charge in [-0.3, -0.25) is 0 Å². The van der Waals surface area contributed by atoms with Crippen LogP contribution in [0.3, 0.4) is 0 Å². The molecule has 0 spiro atoms. The third-order valence-electron chi connectivity index (χ3n) is 3.91. The summed E-state index contributed by atoms with van der Waals surface area (Å²) < 4.78 is 19.8. The van der Waals surface area contributed by atoms with Crippen LogP contribution in [-0.2, 0) is 0 Å². The highest BCUT2D eigenvalue weighted by molar-refractivity contribution is 5.56. The van der Waals surface area contributed by atoms with Crippen LogP contribution < -0.4 is 4.74 Å². The van der Waals surface area contributed by atoms with Crippen LogP contribution in [0.15, 0.2) is 18.2 Å². The highest BCUT2D eigenvalue weighted by Crippen LogP contribution is 2.33. The van der Waals surface area contributed by atoms with E-state index in [-0.39, 0.29) is 11.9 Å². The lowest BCUT2D eigenvalue weighted by atomic mass is 9.96. The van der Waals surface area contributed by atoms with Gasteiger partial charge in [-0.15, -0.1) is 0 Å². The molecule has 1 aromatic carbocycles. The Labute approximate surface area is 108 Å². The molecule has 0 amide bonds. The summed E-state index contributed by atoms with van der Waals surface area (Å²) in [5.74, 6) is 0.944. The topological polar surface area (TPSA) is 9.23 Å². The number of hydrogen-bond donors (Lipinski definition) is 0. The van der Waals surface area contributed by atoms with Gasteiger partial charge in [-0.25, -0.2) is 4.39 Å². The zero-order valence-electron chi connectivity index (χ0n) is 10.8. The molecule has 0 saturated heterocycles. The molecule has 2 heteroatoms. The van der Waals surface area contributed by atoms with Gasteiger partial charge in [-0.2, -0.15) is 0 Å². The van der Waals surface area contributed by atoms with Gasteiger partial charge in [-0.05, 0) is 62.1 Å². The Bertz CT molecular complexity index is 470. The van der Waals surface area contributed by atoms with Gasteiger partial charge in [0.05, 0.1) is 6.10 Å². The van der Waals surface area contributed by atoms with Crippen LogP contribution >= 0.6 is 0 Å². The predicted octanol–water partition coefficient (Wildman–Crippen LogP) is 4.49. The average molecular weight is 246 g/mol. The Morgan fingerprint density at radius 1 is 1.22 bits per heavy atom. The van der Waals surface area contributed by atoms with E-state index in [1.165, 1.54) is 19.3 Å². The van der Waals surface area contributed by atoms with E-state index in [1.54, 1.807) is 6.07 Å². The van der Waals surface area contributed by atoms with E-state index in [1.807, 2.05) is 19.1 Å². The average Bonchev–Trinajstić information content (AvgIpc) is 3.11. The highest BCUT2D eigenvalue weighted by Gasteiger charge is 2.21. The van der Waals surface area contributed by atoms with Gasteiger partial charge in [0.25, 0.3) is 0 Å². The summed E-state index contributed by atoms with van der Waals surface area (Å²) in [5.41, 5.74) is 1.67. The Kier molecular flexibility index (Phi) is 3.11. The van der Waals surface area contributed by atoms with Crippen LogP contribution in [0.25, 0.3) is 6.08 Å². The summed E-state index contributed by atoms with van der Waals surface area (Å²) in [6, 6.07) is 3.73. The normalized spacial score (nSPS) is 20.1. The Balaban J connectivity index is 1.77. The second kappa shape index (κ2) is 4.75. The first kappa shape index (κ1) is 11.8. The molecule has 2 aliphatic carbocycles. The van der Waals surface area contributed by atoms with Gasteiger partial charge in [0, 0.05) is 0 Å². The number of allylic oxidation sites excluding steroid dienone is 1. The van der Waals surface area contributed by atoms with Crippen molar-refractivity contribution in [1.29, 1.82) is 0 Å². The van der Waals surface area contributed by atoms with Crippen molar-refractivity contribution in [2.75, 3.05) is 0 Å². The molecule has 0 radical (unpaired) electrons. The molecule has 0 atom stereocenters. The number of benzene rings is 1. The van der Waals surface area contributed by atoms with Gasteiger partial charge in [0.1, 0.15) is 0 Å². The molecule has 96 valence electrons. The Morgan fingerprint density at radius 3 is 2.61 bits per heavy atom. The SMILES string of the molecule is Cc1c(/C=C/C2CC2)ccc(OC2CCC2)c1F. The minimum Gasteiger partial charge on any atom is -0.487 e. The molecule has 1 aromatic rings. The lowest BCUT2D eigenvalue weighted by molar-refractivity contribution is 0.115. The molecule has 2 aliphatic rings. The summed E-state index contributed by atoms with van der Waals surface area (Å²) in [7, 11) is 0. The summed E-state index contributed by atoms with van der Waals surface area (Å²) >= 11 is 0. The fraction of sp³-hybridized carbons (Fsp3) is 0.500. The van der Waals surface area contributed by atoms with E-state index >= 15 is 0 Å². The maximum absolute atomic E-state index is 14.2. The van der Waals surface area contributed by atoms with Crippen molar-refractivity contribution in [1.82, 2.24) is 0 Å². The summed E-state index contributed by atoms with van der Waals surface area (Å²) in [6.45, 7) is 1.83. The molecular weight excluding hydrogens is 227 g/mol. The summed E-state index contributed by atoms with van der Waals surface area (Å²) in [5, 5.41) is 0. The molecule has 0 N–H and O–H groups in total. The standard InChI is InChI=1S/C16H19FO/c1-11-13(8-7-12-5-6-12)9-10-15(16(11)17)18-14-3-2-4-14/h7-10,12,14H,2-6H2,1H3/b8-7+. The van der Waals surface area contributed by atoms with Gasteiger partial charge in [0.15, 0.2) is 11.6 Å². The molecular formula is C16H19FO. The van der Waals surface area contributed by atoms with E-state index in [0.29, 0.717) is 11.3 Å². The molecule has 0 unspecified atom stereocenters. The van der Waals surface area contributed by atoms with Crippen LogP contribution in [0.5, 0.6) is 5.75 Å². The summed E-state index contributed by atoms with van der Waals surface area (Å²) in [6.07, 6.45) is 10.3. The fourth-order valence-electron chi connectivity index (χ4n) is 2.14. The molecule has 18 heavy (non-hydrogen) atoms. The first-order chi connectivity index (χ1) is 8.74. The van der Waals surface area contributed by atoms with Crippen molar-refractivity contribution in [3.8, 4) is 5.75 Å². The maximum Gasteiger partial charge on any atom is 0.168 e. The molecule has 1 nitrogen and oxygen atoms in total. The van der Waals surface area contributed by atoms with E-state index in [2.05, 4.69) is 6.08 Å². The third-order valence-corrected chi connectivity index (χ3v) is 3.91. The van der Waals surface area contributed by atoms with Crippen molar-refractivity contribution in [3.63, 3.8) is 0 Å². The zero-order chi connectivity index (χ0) is 12.5. The van der Waals surface area contributed by atoms with E-state index in [0.717, 1.165) is 24.3 Å². The van der Waals surface area contributed by atoms with E-state index in [4.69, 9.17) is 4.74 Å². The molecule has 2 fully saturated rings. The van der Waals surface area contributed by atoms with Crippen molar-refractivity contribution < 1.29 is 9.13 Å². The predicted molar refractivity (Wildman–Crippen MR) is 71.2 cm³/mol. The van der Waals surface area contributed by atoms with Gasteiger partial charge >= 0.3 is 0 Å². The quantitative estimate of drug-likeness (QED) is 0.760. The number of rotatable bonds is 4. The summed E-state index contributed by atoms with van der Waals surface area (Å²) in [4.78, 5) is 0. The second-order valence-electron chi connectivity index (χ2n) is 5.46. The second-order valence-corrected chi connectivity index (χ2v) is 5.46. The number of halogens is 1. The smallest absolute Gasteiger partial charge is 0.168 e. The van der Waals surface area contributed by atoms with Gasteiger partial charge in [-0.1, -0.05) is 18.2 Å². The monoisotopic (exact) mass is 246 g/mol. The van der Waals surface area contributed by atoms with Crippen LogP contribution in [0, 0.1) is 18.7 Å². The molecule has 3 rings (SSSR count). The van der Waals surface area contributed by atoms with Crippen LogP contribution in [0.1, 0.15) is 43.2 Å². The van der Waals surface area contributed by atoms with Crippen LogP contribution in [-0.4, -0.2) is 6.10 Å². The lowest BCUT2D eigenvalue weighted by Crippen LogP contribution is -2.25. The molecule has 0 aromatic heterocycles. The van der Waals surface area contributed by atoms with Crippen molar-refractivity contribution in [3.05, 3.63) is 35.2 Å². The first-order valence-corrected chi connectivity index (χ1v) is 6.88. The Hall–Kier alpha value is -1.31. The molecule has 0 aliphatic heterocycles. The van der Waals surface area contributed by atoms with Crippen molar-refractivity contribution in [2.45, 2.75) is 45.1 Å². The third kappa shape index (κ3) is 2.43. The minimum atomic E-state index is -0.195. The lowest BCUT2D eigenvalue weighted by Gasteiger charge is -2.26. The molecule has 2 saturated carbocycles. The number of hydrogen-bond acceptors (Lipinski definition) is 1. The van der Waals surface area contributed by atoms with Gasteiger partial charge < -0.3 is 4.74 Å². The van der Waals surface area contributed by atoms with Crippen LogP contribution in [0.4, 0.5) is 4.39 Å². The zero-order valence-corrected chi connectivity index (χ0v) is 10.8. The molecule has 0 bridgehead atoms. The molecule has 0 heterocycles. The van der Waals surface area contributed by atoms with E-state index in [9.17, 15) is 4.39 Å². The number of ether oxygens (including phenoxy) is 1. The van der Waals surface area contributed by atoms with Crippen molar-refractivity contribution in [2.24, 2.45) is 5.92 Å². The largest absolute Gasteiger partial charge is 0.487 e. The van der Waals surface area contributed by atoms with Crippen molar-refractivity contribution >= 4 is 6.08 Å². The first-order valence-electron chi connectivity index (χ1n) is 6.88. The fourth-order valence-corrected chi connectivity index (χ4v) is 2.14. The van der Waals surface area contributed by atoms with Gasteiger partial charge in [0.2, 0.25) is 0 Å². The Morgan fingerprint density at radius 2 is 2.00 bits per heavy atom. The van der Waals surface area contributed by atoms with E-state index < -0.39 is 0 Å². The highest BCUT2D eigenvalue weighted by atomic mass is 19.1. The maximum atomic E-state index is 14.2. The minimum absolute atomic E-state index is 0.195. The van der Waals surface area contributed by atoms with Crippen LogP contribution in [0.2, 0.25) is 0 Å².